The first kappa shape index (κ1) is 14.0. The van der Waals surface area contributed by atoms with Crippen LogP contribution in [0.5, 0.6) is 5.75 Å². The summed E-state index contributed by atoms with van der Waals surface area (Å²) in [7, 11) is 0. The molecule has 0 aliphatic rings. The predicted octanol–water partition coefficient (Wildman–Crippen LogP) is 3.08. The van der Waals surface area contributed by atoms with Crippen molar-refractivity contribution in [3.8, 4) is 5.75 Å². The second-order valence-electron chi connectivity index (χ2n) is 3.13. The quantitative estimate of drug-likeness (QED) is 0.785. The fourth-order valence-electron chi connectivity index (χ4n) is 1.29. The van der Waals surface area contributed by atoms with Gasteiger partial charge in [0.1, 0.15) is 5.75 Å². The molecule has 0 unspecified atom stereocenters. The van der Waals surface area contributed by atoms with Crippen LogP contribution in [0.1, 0.15) is 24.9 Å². The van der Waals surface area contributed by atoms with Crippen LogP contribution in [-0.2, 0) is 0 Å². The first-order chi connectivity index (χ1) is 6.77. The van der Waals surface area contributed by atoms with E-state index in [-0.39, 0.29) is 18.4 Å². The van der Waals surface area contributed by atoms with Gasteiger partial charge in [0.25, 0.3) is 0 Å². The van der Waals surface area contributed by atoms with Crippen molar-refractivity contribution < 1.29 is 4.74 Å². The number of rotatable bonds is 5. The normalized spacial score (nSPS) is 11.3. The third-order valence-corrected chi connectivity index (χ3v) is 2.04. The summed E-state index contributed by atoms with van der Waals surface area (Å²) in [6.07, 6.45) is 2.63. The Kier molecular flexibility index (Phi) is 6.84. The maximum atomic E-state index is 5.92. The number of halogens is 1. The molecule has 0 saturated carbocycles. The van der Waals surface area contributed by atoms with Gasteiger partial charge in [-0.2, -0.15) is 0 Å². The molecule has 2 N–H and O–H groups in total. The highest BCUT2D eigenvalue weighted by molar-refractivity contribution is 5.85. The molecule has 2 nitrogen and oxygen atoms in total. The van der Waals surface area contributed by atoms with Crippen LogP contribution < -0.4 is 10.5 Å². The van der Waals surface area contributed by atoms with E-state index in [0.717, 1.165) is 17.7 Å². The third-order valence-electron chi connectivity index (χ3n) is 2.04. The van der Waals surface area contributed by atoms with Gasteiger partial charge in [-0.3, -0.25) is 0 Å². The molecule has 0 saturated heterocycles. The summed E-state index contributed by atoms with van der Waals surface area (Å²) in [6.45, 7) is 6.33. The summed E-state index contributed by atoms with van der Waals surface area (Å²) in [5.74, 6) is 0.891. The van der Waals surface area contributed by atoms with Gasteiger partial charge in [-0.1, -0.05) is 18.2 Å². The number of nitrogens with two attached hydrogens (primary N) is 1. The molecule has 1 rings (SSSR count). The minimum Gasteiger partial charge on any atom is -0.494 e. The Morgan fingerprint density at radius 1 is 1.40 bits per heavy atom. The lowest BCUT2D eigenvalue weighted by molar-refractivity contribution is 0.340. The molecule has 1 aromatic carbocycles. The first-order valence-electron chi connectivity index (χ1n) is 4.87. The van der Waals surface area contributed by atoms with Crippen LogP contribution in [-0.4, -0.2) is 6.61 Å². The Morgan fingerprint density at radius 2 is 2.00 bits per heavy atom. The average molecular weight is 228 g/mol. The molecule has 0 radical (unpaired) electrons. The van der Waals surface area contributed by atoms with Gasteiger partial charge in [0, 0.05) is 6.04 Å². The Labute approximate surface area is 97.5 Å². The van der Waals surface area contributed by atoms with Crippen molar-refractivity contribution in [2.75, 3.05) is 6.61 Å². The van der Waals surface area contributed by atoms with E-state index in [1.807, 2.05) is 37.3 Å². The minimum atomic E-state index is 0. The van der Waals surface area contributed by atoms with E-state index in [1.165, 1.54) is 0 Å². The SMILES string of the molecule is C=CC[C@H](N)c1ccc(OCC)cc1.Cl. The predicted molar refractivity (Wildman–Crippen MR) is 66.6 cm³/mol. The molecule has 84 valence electrons. The van der Waals surface area contributed by atoms with E-state index in [4.69, 9.17) is 10.5 Å². The molecular weight excluding hydrogens is 210 g/mol. The van der Waals surface area contributed by atoms with Crippen LogP contribution >= 0.6 is 12.4 Å². The van der Waals surface area contributed by atoms with Gasteiger partial charge in [0.05, 0.1) is 6.61 Å². The highest BCUT2D eigenvalue weighted by Crippen LogP contribution is 2.18. The molecule has 0 bridgehead atoms. The summed E-state index contributed by atoms with van der Waals surface area (Å²) in [6, 6.07) is 7.94. The molecular formula is C12H18ClNO. The summed E-state index contributed by atoms with van der Waals surface area (Å²) < 4.78 is 5.34. The molecule has 0 amide bonds. The zero-order chi connectivity index (χ0) is 10.4. The average Bonchev–Trinajstić information content (AvgIpc) is 2.20. The summed E-state index contributed by atoms with van der Waals surface area (Å²) in [5, 5.41) is 0. The number of benzene rings is 1. The topological polar surface area (TPSA) is 35.2 Å². The van der Waals surface area contributed by atoms with Crippen molar-refractivity contribution in [3.05, 3.63) is 42.5 Å². The van der Waals surface area contributed by atoms with Gasteiger partial charge in [0.2, 0.25) is 0 Å². The number of hydrogen-bond acceptors (Lipinski definition) is 2. The van der Waals surface area contributed by atoms with Crippen LogP contribution in [0.4, 0.5) is 0 Å². The van der Waals surface area contributed by atoms with Crippen molar-refractivity contribution in [3.63, 3.8) is 0 Å². The fourth-order valence-corrected chi connectivity index (χ4v) is 1.29. The first-order valence-corrected chi connectivity index (χ1v) is 4.87. The zero-order valence-electron chi connectivity index (χ0n) is 8.98. The van der Waals surface area contributed by atoms with Gasteiger partial charge < -0.3 is 10.5 Å². The van der Waals surface area contributed by atoms with Gasteiger partial charge in [-0.05, 0) is 31.0 Å². The van der Waals surface area contributed by atoms with E-state index in [2.05, 4.69) is 6.58 Å². The van der Waals surface area contributed by atoms with Crippen molar-refractivity contribution >= 4 is 12.4 Å². The van der Waals surface area contributed by atoms with Crippen molar-refractivity contribution in [2.45, 2.75) is 19.4 Å². The van der Waals surface area contributed by atoms with Gasteiger partial charge in [-0.25, -0.2) is 0 Å². The largest absolute Gasteiger partial charge is 0.494 e. The van der Waals surface area contributed by atoms with Crippen LogP contribution in [0, 0.1) is 0 Å². The Morgan fingerprint density at radius 3 is 2.47 bits per heavy atom. The lowest BCUT2D eigenvalue weighted by Crippen LogP contribution is -2.08. The molecule has 15 heavy (non-hydrogen) atoms. The zero-order valence-corrected chi connectivity index (χ0v) is 9.80. The van der Waals surface area contributed by atoms with E-state index in [1.54, 1.807) is 0 Å². The molecule has 1 aromatic rings. The highest BCUT2D eigenvalue weighted by atomic mass is 35.5. The van der Waals surface area contributed by atoms with Crippen LogP contribution in [0.15, 0.2) is 36.9 Å². The molecule has 3 heteroatoms. The van der Waals surface area contributed by atoms with Gasteiger partial charge in [-0.15, -0.1) is 19.0 Å². The maximum Gasteiger partial charge on any atom is 0.119 e. The standard InChI is InChI=1S/C12H17NO.ClH/c1-3-5-12(13)10-6-8-11(9-7-10)14-4-2;/h3,6-9,12H,1,4-5,13H2,2H3;1H/t12-;/m0./s1. The maximum absolute atomic E-state index is 5.92. The minimum absolute atomic E-state index is 0. The molecule has 0 spiro atoms. The molecule has 0 aliphatic carbocycles. The summed E-state index contributed by atoms with van der Waals surface area (Å²) in [4.78, 5) is 0. The van der Waals surface area contributed by atoms with Crippen molar-refractivity contribution in [2.24, 2.45) is 5.73 Å². The van der Waals surface area contributed by atoms with Crippen LogP contribution in [0.25, 0.3) is 0 Å². The molecule has 0 fully saturated rings. The van der Waals surface area contributed by atoms with Gasteiger partial charge >= 0.3 is 0 Å². The Bertz CT molecular complexity index is 284. The smallest absolute Gasteiger partial charge is 0.119 e. The van der Waals surface area contributed by atoms with Gasteiger partial charge in [0.15, 0.2) is 0 Å². The second kappa shape index (κ2) is 7.32. The Balaban J connectivity index is 0.00000196. The Hall–Kier alpha value is -0.990. The summed E-state index contributed by atoms with van der Waals surface area (Å²) in [5.41, 5.74) is 7.04. The lowest BCUT2D eigenvalue weighted by atomic mass is 10.1. The van der Waals surface area contributed by atoms with E-state index in [9.17, 15) is 0 Å². The summed E-state index contributed by atoms with van der Waals surface area (Å²) >= 11 is 0. The molecule has 0 aliphatic heterocycles. The number of hydrogen-bond donors (Lipinski definition) is 1. The van der Waals surface area contributed by atoms with Crippen molar-refractivity contribution in [1.82, 2.24) is 0 Å². The van der Waals surface area contributed by atoms with Crippen LogP contribution in [0.3, 0.4) is 0 Å². The van der Waals surface area contributed by atoms with E-state index < -0.39 is 0 Å². The molecule has 0 heterocycles. The lowest BCUT2D eigenvalue weighted by Gasteiger charge is -2.10. The number of ether oxygens (including phenoxy) is 1. The second-order valence-corrected chi connectivity index (χ2v) is 3.13. The van der Waals surface area contributed by atoms with Crippen LogP contribution in [0.2, 0.25) is 0 Å². The third kappa shape index (κ3) is 4.36. The molecule has 0 aromatic heterocycles. The fraction of sp³-hybridized carbons (Fsp3) is 0.333. The molecule has 1 atom stereocenters. The highest BCUT2D eigenvalue weighted by Gasteiger charge is 2.03. The van der Waals surface area contributed by atoms with E-state index >= 15 is 0 Å². The van der Waals surface area contributed by atoms with Crippen molar-refractivity contribution in [1.29, 1.82) is 0 Å². The monoisotopic (exact) mass is 227 g/mol. The van der Waals surface area contributed by atoms with E-state index in [0.29, 0.717) is 6.61 Å².